The van der Waals surface area contributed by atoms with Crippen molar-refractivity contribution >= 4 is 10.0 Å². The number of hydrogen-bond donors (Lipinski definition) is 0. The SMILES string of the molecule is CCC1COCCN1S(=O)(=O)c1ccc(F)cc1. The van der Waals surface area contributed by atoms with Crippen LogP contribution in [-0.4, -0.2) is 38.5 Å². The van der Waals surface area contributed by atoms with Crippen LogP contribution >= 0.6 is 0 Å². The average Bonchev–Trinajstić information content (AvgIpc) is 2.39. The van der Waals surface area contributed by atoms with Crippen LogP contribution in [0.3, 0.4) is 0 Å². The van der Waals surface area contributed by atoms with Crippen molar-refractivity contribution in [1.82, 2.24) is 4.31 Å². The van der Waals surface area contributed by atoms with E-state index in [4.69, 9.17) is 4.74 Å². The van der Waals surface area contributed by atoms with Crippen molar-refractivity contribution in [2.75, 3.05) is 19.8 Å². The van der Waals surface area contributed by atoms with Crippen LogP contribution in [0.15, 0.2) is 29.2 Å². The molecule has 0 amide bonds. The number of benzene rings is 1. The second kappa shape index (κ2) is 5.34. The summed E-state index contributed by atoms with van der Waals surface area (Å²) < 4.78 is 44.4. The minimum Gasteiger partial charge on any atom is -0.378 e. The van der Waals surface area contributed by atoms with Gasteiger partial charge in [-0.2, -0.15) is 4.31 Å². The van der Waals surface area contributed by atoms with Crippen molar-refractivity contribution in [2.45, 2.75) is 24.3 Å². The molecule has 1 heterocycles. The molecule has 0 bridgehead atoms. The molecule has 1 saturated heterocycles. The molecule has 0 saturated carbocycles. The Hall–Kier alpha value is -0.980. The highest BCUT2D eigenvalue weighted by atomic mass is 32.2. The van der Waals surface area contributed by atoms with Crippen molar-refractivity contribution in [3.8, 4) is 0 Å². The van der Waals surface area contributed by atoms with E-state index in [9.17, 15) is 12.8 Å². The normalized spacial score (nSPS) is 22.0. The van der Waals surface area contributed by atoms with Crippen LogP contribution in [-0.2, 0) is 14.8 Å². The van der Waals surface area contributed by atoms with Crippen LogP contribution in [0.2, 0.25) is 0 Å². The molecule has 0 spiro atoms. The third kappa shape index (κ3) is 2.55. The number of sulfonamides is 1. The number of ether oxygens (including phenoxy) is 1. The van der Waals surface area contributed by atoms with Crippen molar-refractivity contribution in [1.29, 1.82) is 0 Å². The molecule has 0 N–H and O–H groups in total. The third-order valence-electron chi connectivity index (χ3n) is 3.06. The summed E-state index contributed by atoms with van der Waals surface area (Å²) in [6.07, 6.45) is 0.695. The van der Waals surface area contributed by atoms with E-state index in [1.165, 1.54) is 16.4 Å². The molecule has 0 aliphatic carbocycles. The summed E-state index contributed by atoms with van der Waals surface area (Å²) in [6.45, 7) is 3.08. The van der Waals surface area contributed by atoms with Crippen molar-refractivity contribution in [2.24, 2.45) is 0 Å². The van der Waals surface area contributed by atoms with Gasteiger partial charge >= 0.3 is 0 Å². The molecule has 1 aromatic rings. The maximum atomic E-state index is 12.8. The molecule has 1 unspecified atom stereocenters. The molecule has 2 rings (SSSR count). The lowest BCUT2D eigenvalue weighted by atomic mass is 10.2. The van der Waals surface area contributed by atoms with Crippen LogP contribution in [0.25, 0.3) is 0 Å². The summed E-state index contributed by atoms with van der Waals surface area (Å²) >= 11 is 0. The van der Waals surface area contributed by atoms with Gasteiger partial charge in [-0.15, -0.1) is 0 Å². The fourth-order valence-electron chi connectivity index (χ4n) is 2.02. The Morgan fingerprint density at radius 3 is 2.67 bits per heavy atom. The zero-order valence-corrected chi connectivity index (χ0v) is 11.0. The van der Waals surface area contributed by atoms with E-state index in [-0.39, 0.29) is 10.9 Å². The Morgan fingerprint density at radius 2 is 2.06 bits per heavy atom. The highest BCUT2D eigenvalue weighted by molar-refractivity contribution is 7.89. The Bertz CT molecular complexity index is 501. The van der Waals surface area contributed by atoms with Gasteiger partial charge in [-0.3, -0.25) is 0 Å². The second-order valence-electron chi connectivity index (χ2n) is 4.21. The first-order valence-electron chi connectivity index (χ1n) is 5.91. The molecular weight excluding hydrogens is 257 g/mol. The van der Waals surface area contributed by atoms with Gasteiger partial charge in [-0.05, 0) is 30.7 Å². The quantitative estimate of drug-likeness (QED) is 0.841. The van der Waals surface area contributed by atoms with Crippen LogP contribution < -0.4 is 0 Å². The van der Waals surface area contributed by atoms with E-state index in [1.54, 1.807) is 0 Å². The van der Waals surface area contributed by atoms with E-state index in [0.29, 0.717) is 26.2 Å². The molecule has 1 aromatic carbocycles. The number of morpholine rings is 1. The summed E-state index contributed by atoms with van der Waals surface area (Å²) in [7, 11) is -3.55. The molecule has 18 heavy (non-hydrogen) atoms. The van der Waals surface area contributed by atoms with Gasteiger partial charge < -0.3 is 4.74 Å². The number of halogens is 1. The zero-order chi connectivity index (χ0) is 13.2. The second-order valence-corrected chi connectivity index (χ2v) is 6.10. The molecule has 1 fully saturated rings. The van der Waals surface area contributed by atoms with Crippen LogP contribution in [0.1, 0.15) is 13.3 Å². The predicted molar refractivity (Wildman–Crippen MR) is 65.2 cm³/mol. The first-order chi connectivity index (χ1) is 8.55. The van der Waals surface area contributed by atoms with E-state index in [2.05, 4.69) is 0 Å². The van der Waals surface area contributed by atoms with Gasteiger partial charge in [0.1, 0.15) is 5.82 Å². The highest BCUT2D eigenvalue weighted by Gasteiger charge is 2.32. The summed E-state index contributed by atoms with van der Waals surface area (Å²) in [6, 6.07) is 4.77. The van der Waals surface area contributed by atoms with Gasteiger partial charge in [-0.25, -0.2) is 12.8 Å². The molecule has 1 aliphatic rings. The summed E-state index contributed by atoms with van der Waals surface area (Å²) in [5.74, 6) is -0.442. The number of nitrogens with zero attached hydrogens (tertiary/aromatic N) is 1. The molecular formula is C12H16FNO3S. The smallest absolute Gasteiger partial charge is 0.243 e. The van der Waals surface area contributed by atoms with Gasteiger partial charge in [0.25, 0.3) is 0 Å². The lowest BCUT2D eigenvalue weighted by Gasteiger charge is -2.33. The Morgan fingerprint density at radius 1 is 1.39 bits per heavy atom. The molecule has 0 radical (unpaired) electrons. The van der Waals surface area contributed by atoms with Crippen molar-refractivity contribution in [3.05, 3.63) is 30.1 Å². The minimum absolute atomic E-state index is 0.129. The molecule has 0 aromatic heterocycles. The van der Waals surface area contributed by atoms with E-state index in [0.717, 1.165) is 12.1 Å². The molecule has 100 valence electrons. The Labute approximate surface area is 106 Å². The van der Waals surface area contributed by atoms with E-state index < -0.39 is 15.8 Å². The fourth-order valence-corrected chi connectivity index (χ4v) is 3.69. The van der Waals surface area contributed by atoms with Gasteiger partial charge in [0, 0.05) is 12.6 Å². The molecule has 1 atom stereocenters. The molecule has 1 aliphatic heterocycles. The van der Waals surface area contributed by atoms with Crippen molar-refractivity contribution in [3.63, 3.8) is 0 Å². The van der Waals surface area contributed by atoms with E-state index >= 15 is 0 Å². The Balaban J connectivity index is 2.32. The van der Waals surface area contributed by atoms with Crippen LogP contribution in [0, 0.1) is 5.82 Å². The molecule has 6 heteroatoms. The summed E-state index contributed by atoms with van der Waals surface area (Å²) in [5.41, 5.74) is 0. The minimum atomic E-state index is -3.55. The summed E-state index contributed by atoms with van der Waals surface area (Å²) in [4.78, 5) is 0.129. The monoisotopic (exact) mass is 273 g/mol. The fraction of sp³-hybridized carbons (Fsp3) is 0.500. The van der Waals surface area contributed by atoms with Crippen LogP contribution in [0.5, 0.6) is 0 Å². The first kappa shape index (κ1) is 13.5. The van der Waals surface area contributed by atoms with Gasteiger partial charge in [0.05, 0.1) is 18.1 Å². The highest BCUT2D eigenvalue weighted by Crippen LogP contribution is 2.22. The lowest BCUT2D eigenvalue weighted by Crippen LogP contribution is -2.48. The third-order valence-corrected chi connectivity index (χ3v) is 5.03. The predicted octanol–water partition coefficient (Wildman–Crippen LogP) is 1.63. The average molecular weight is 273 g/mol. The first-order valence-corrected chi connectivity index (χ1v) is 7.35. The van der Waals surface area contributed by atoms with Crippen molar-refractivity contribution < 1.29 is 17.5 Å². The van der Waals surface area contributed by atoms with Gasteiger partial charge in [-0.1, -0.05) is 6.92 Å². The van der Waals surface area contributed by atoms with E-state index in [1.807, 2.05) is 6.92 Å². The maximum Gasteiger partial charge on any atom is 0.243 e. The topological polar surface area (TPSA) is 46.6 Å². The summed E-state index contributed by atoms with van der Waals surface area (Å²) in [5, 5.41) is 0. The largest absolute Gasteiger partial charge is 0.378 e. The number of rotatable bonds is 3. The maximum absolute atomic E-state index is 12.8. The number of hydrogen-bond acceptors (Lipinski definition) is 3. The van der Waals surface area contributed by atoms with Gasteiger partial charge in [0.15, 0.2) is 0 Å². The zero-order valence-electron chi connectivity index (χ0n) is 10.2. The molecule has 4 nitrogen and oxygen atoms in total. The standard InChI is InChI=1S/C12H16FNO3S/c1-2-11-9-17-8-7-14(11)18(15,16)12-5-3-10(13)4-6-12/h3-6,11H,2,7-9H2,1H3. The lowest BCUT2D eigenvalue weighted by molar-refractivity contribution is 0.0314. The van der Waals surface area contributed by atoms with Crippen LogP contribution in [0.4, 0.5) is 4.39 Å². The Kier molecular flexibility index (Phi) is 3.99. The van der Waals surface area contributed by atoms with Gasteiger partial charge in [0.2, 0.25) is 10.0 Å².